The molecular formula is C62H52O17. The minimum Gasteiger partial charge on any atom is -0.508 e. The summed E-state index contributed by atoms with van der Waals surface area (Å²) < 4.78 is 25.6. The van der Waals surface area contributed by atoms with E-state index >= 15 is 0 Å². The van der Waals surface area contributed by atoms with Crippen LogP contribution in [0.25, 0.3) is 0 Å². The summed E-state index contributed by atoms with van der Waals surface area (Å²) in [6.07, 6.45) is -9.67. The van der Waals surface area contributed by atoms with Gasteiger partial charge in [0.2, 0.25) is 6.29 Å². The molecule has 2 aliphatic carbocycles. The molecule has 0 bridgehead atoms. The second-order valence-corrected chi connectivity index (χ2v) is 21.0. The topological polar surface area (TPSA) is 300 Å². The maximum absolute atomic E-state index is 12.8. The Morgan fingerprint density at radius 1 is 0.367 bits per heavy atom. The van der Waals surface area contributed by atoms with Gasteiger partial charge in [-0.3, -0.25) is 0 Å². The molecule has 0 amide bonds. The summed E-state index contributed by atoms with van der Waals surface area (Å²) in [5, 5.41) is 147. The quantitative estimate of drug-likeness (QED) is 0.0688. The van der Waals surface area contributed by atoms with Crippen LogP contribution in [0.2, 0.25) is 0 Å². The van der Waals surface area contributed by atoms with Gasteiger partial charge in [0.15, 0.2) is 0 Å². The van der Waals surface area contributed by atoms with Crippen molar-refractivity contribution in [3.8, 4) is 69.0 Å². The molecule has 17 nitrogen and oxygen atoms in total. The molecule has 1 saturated heterocycles. The summed E-state index contributed by atoms with van der Waals surface area (Å²) >= 11 is 0. The number of aliphatic hydroxyl groups excluding tert-OH is 4. The van der Waals surface area contributed by atoms with Gasteiger partial charge in [0, 0.05) is 70.2 Å². The molecular weight excluding hydrogens is 1020 g/mol. The molecule has 13 atom stereocenters. The lowest BCUT2D eigenvalue weighted by atomic mass is 9.62. The highest BCUT2D eigenvalue weighted by molar-refractivity contribution is 5.71. The number of aliphatic hydroxyl groups is 4. The number of hydrogen-bond donors (Lipinski definition) is 13. The molecule has 0 radical (unpaired) electrons. The first-order valence-electron chi connectivity index (χ1n) is 25.7. The fourth-order valence-electron chi connectivity index (χ4n) is 13.4. The first-order valence-corrected chi connectivity index (χ1v) is 25.7. The lowest BCUT2D eigenvalue weighted by Crippen LogP contribution is -2.60. The number of phenols is 9. The molecule has 3 heterocycles. The Morgan fingerprint density at radius 2 is 0.747 bits per heavy atom. The Morgan fingerprint density at radius 3 is 1.16 bits per heavy atom. The third-order valence-corrected chi connectivity index (χ3v) is 16.6. The molecule has 13 unspecified atom stereocenters. The van der Waals surface area contributed by atoms with Gasteiger partial charge in [-0.1, -0.05) is 48.5 Å². The van der Waals surface area contributed by atoms with Crippen LogP contribution < -0.4 is 14.2 Å². The van der Waals surface area contributed by atoms with Gasteiger partial charge in [0.25, 0.3) is 0 Å². The van der Waals surface area contributed by atoms with Crippen LogP contribution in [-0.2, 0) is 4.74 Å². The van der Waals surface area contributed by atoms with E-state index in [0.29, 0.717) is 66.8 Å². The van der Waals surface area contributed by atoms with E-state index in [0.717, 1.165) is 0 Å². The van der Waals surface area contributed by atoms with Crippen LogP contribution in [0.15, 0.2) is 146 Å². The smallest absolute Gasteiger partial charge is 0.229 e. The molecule has 1 fully saturated rings. The van der Waals surface area contributed by atoms with E-state index in [2.05, 4.69) is 0 Å². The highest BCUT2D eigenvalue weighted by Crippen LogP contribution is 2.69. The van der Waals surface area contributed by atoms with E-state index in [1.54, 1.807) is 84.9 Å². The zero-order valence-corrected chi connectivity index (χ0v) is 41.5. The van der Waals surface area contributed by atoms with Gasteiger partial charge in [-0.2, -0.15) is 0 Å². The summed E-state index contributed by atoms with van der Waals surface area (Å²) in [6, 6.07) is 37.7. The van der Waals surface area contributed by atoms with Crippen molar-refractivity contribution < 1.29 is 85.3 Å². The van der Waals surface area contributed by atoms with Crippen LogP contribution in [0.1, 0.15) is 114 Å². The van der Waals surface area contributed by atoms with Gasteiger partial charge in [-0.05, 0) is 117 Å². The van der Waals surface area contributed by atoms with Crippen LogP contribution in [0.4, 0.5) is 0 Å². The van der Waals surface area contributed by atoms with Crippen molar-refractivity contribution in [2.45, 2.75) is 78.4 Å². The van der Waals surface area contributed by atoms with Gasteiger partial charge in [-0.15, -0.1) is 0 Å². The summed E-state index contributed by atoms with van der Waals surface area (Å²) in [4.78, 5) is 0. The maximum atomic E-state index is 12.8. The van der Waals surface area contributed by atoms with Gasteiger partial charge in [-0.25, -0.2) is 0 Å². The van der Waals surface area contributed by atoms with Crippen LogP contribution in [0.3, 0.4) is 0 Å². The van der Waals surface area contributed by atoms with E-state index < -0.39 is 85.0 Å². The van der Waals surface area contributed by atoms with Crippen molar-refractivity contribution in [2.75, 3.05) is 6.61 Å². The van der Waals surface area contributed by atoms with Crippen LogP contribution >= 0.6 is 0 Å². The van der Waals surface area contributed by atoms with Crippen molar-refractivity contribution in [3.05, 3.63) is 212 Å². The minimum atomic E-state index is -1.73. The highest BCUT2D eigenvalue weighted by Gasteiger charge is 2.55. The number of rotatable bonds is 8. The molecule has 8 aromatic carbocycles. The lowest BCUT2D eigenvalue weighted by molar-refractivity contribution is -0.277. The number of aromatic hydroxyl groups is 9. The van der Waals surface area contributed by atoms with Crippen molar-refractivity contribution in [2.24, 2.45) is 0 Å². The van der Waals surface area contributed by atoms with Gasteiger partial charge >= 0.3 is 0 Å². The average molecular weight is 1070 g/mol. The predicted octanol–water partition coefficient (Wildman–Crippen LogP) is 7.91. The van der Waals surface area contributed by atoms with Crippen LogP contribution in [0, 0.1) is 0 Å². The molecule has 13 N–H and O–H groups in total. The predicted molar refractivity (Wildman–Crippen MR) is 281 cm³/mol. The average Bonchev–Trinajstić information content (AvgIpc) is 4.08. The minimum absolute atomic E-state index is 0.0000689. The Balaban J connectivity index is 1.13. The number of benzene rings is 8. The molecule has 3 aliphatic heterocycles. The molecule has 8 aromatic rings. The fourth-order valence-corrected chi connectivity index (χ4v) is 13.4. The third-order valence-electron chi connectivity index (χ3n) is 16.6. The Hall–Kier alpha value is -8.84. The van der Waals surface area contributed by atoms with Gasteiger partial charge in [0.05, 0.1) is 18.4 Å². The SMILES string of the molecule is OCC1OC(Oc2ccc(C3c4c(O)cc(O)cc4C4c5c(cc(O)cc5C3C3c5cc(O)cc6c5C(c5cc(O)cc(O)c5C3c3ccc(O)cc3)C(c3ccc(O)cc3)O6)OC4c3ccc(O)cc3)cc2)C(O)C(O)C1O. The second-order valence-electron chi connectivity index (χ2n) is 21.0. The number of hydrogen-bond acceptors (Lipinski definition) is 17. The van der Waals surface area contributed by atoms with Gasteiger partial charge in [0.1, 0.15) is 106 Å². The lowest BCUT2D eigenvalue weighted by Gasteiger charge is -2.41. The van der Waals surface area contributed by atoms with E-state index in [-0.39, 0.29) is 69.0 Å². The second kappa shape index (κ2) is 18.7. The normalized spacial score (nSPS) is 27.0. The van der Waals surface area contributed by atoms with E-state index in [1.165, 1.54) is 60.7 Å². The fraction of sp³-hybridized carbons (Fsp3) is 0.226. The molecule has 79 heavy (non-hydrogen) atoms. The maximum Gasteiger partial charge on any atom is 0.229 e. The summed E-state index contributed by atoms with van der Waals surface area (Å²) in [6.45, 7) is -0.688. The first-order chi connectivity index (χ1) is 38.0. The first kappa shape index (κ1) is 49.7. The summed E-state index contributed by atoms with van der Waals surface area (Å²) in [7, 11) is 0. The van der Waals surface area contributed by atoms with Gasteiger partial charge < -0.3 is 85.3 Å². The Kier molecular flexibility index (Phi) is 11.8. The Bertz CT molecular complexity index is 3680. The third kappa shape index (κ3) is 8.02. The molecule has 0 spiro atoms. The zero-order chi connectivity index (χ0) is 54.9. The largest absolute Gasteiger partial charge is 0.508 e. The van der Waals surface area contributed by atoms with E-state index in [9.17, 15) is 66.4 Å². The summed E-state index contributed by atoms with van der Waals surface area (Å²) in [5.74, 6) is -6.80. The zero-order valence-electron chi connectivity index (χ0n) is 41.5. The van der Waals surface area contributed by atoms with E-state index in [1.807, 2.05) is 0 Å². The molecule has 0 saturated carbocycles. The number of fused-ring (bicyclic) bond motifs is 4. The van der Waals surface area contributed by atoms with E-state index in [4.69, 9.17) is 18.9 Å². The molecule has 5 aliphatic rings. The number of phenolic OH excluding ortho intramolecular Hbond substituents is 9. The molecule has 402 valence electrons. The van der Waals surface area contributed by atoms with Crippen LogP contribution in [0.5, 0.6) is 69.0 Å². The standard InChI is InChI=1S/C62H52O17/c63-25-46-57(73)58(74)59(75)62(79-46)76-37-15-7-27(8-16-37)48-50-39(18-34(68)22-43(50)72)56-52-41(20-36(70)24-45(52)78-61(56)29-5-13-32(66)14-6-29)54(48)53-40-19-35(69)23-44-51(40)55(60(77-44)28-3-11-31(65)12-4-28)38-17-33(67)21-42(71)49(38)47(53)26-1-9-30(64)10-2-26/h1-24,46-48,53-75H,25H2. The summed E-state index contributed by atoms with van der Waals surface area (Å²) in [5.41, 5.74) is 5.90. The molecule has 13 rings (SSSR count). The number of ether oxygens (including phenoxy) is 4. The van der Waals surface area contributed by atoms with Crippen molar-refractivity contribution in [1.29, 1.82) is 0 Å². The monoisotopic (exact) mass is 1070 g/mol. The molecule has 0 aromatic heterocycles. The highest BCUT2D eigenvalue weighted by atomic mass is 16.7. The van der Waals surface area contributed by atoms with Crippen LogP contribution in [-0.4, -0.2) is 104 Å². The van der Waals surface area contributed by atoms with Crippen molar-refractivity contribution >= 4 is 0 Å². The van der Waals surface area contributed by atoms with Crippen molar-refractivity contribution in [3.63, 3.8) is 0 Å². The Labute approximate surface area is 450 Å². The van der Waals surface area contributed by atoms with Crippen molar-refractivity contribution in [1.82, 2.24) is 0 Å². The molecule has 17 heteroatoms.